The number of alkyl halides is 3. The van der Waals surface area contributed by atoms with Gasteiger partial charge >= 0.3 is 6.18 Å². The number of rotatable bonds is 4. The zero-order chi connectivity index (χ0) is 23.9. The molecule has 1 fully saturated rings. The monoisotopic (exact) mass is 481 g/mol. The number of hydrogen-bond acceptors (Lipinski definition) is 4. The number of carbonyl (C=O) groups excluding carboxylic acids is 1. The van der Waals surface area contributed by atoms with Crippen molar-refractivity contribution in [3.8, 4) is 5.75 Å². The quantitative estimate of drug-likeness (QED) is 0.688. The van der Waals surface area contributed by atoms with Crippen LogP contribution in [0.4, 0.5) is 24.5 Å². The van der Waals surface area contributed by atoms with Gasteiger partial charge < -0.3 is 19.9 Å². The van der Waals surface area contributed by atoms with Crippen molar-refractivity contribution < 1.29 is 22.7 Å². The highest BCUT2D eigenvalue weighted by molar-refractivity contribution is 6.32. The Labute approximate surface area is 196 Å². The lowest BCUT2D eigenvalue weighted by Gasteiger charge is -2.38. The van der Waals surface area contributed by atoms with E-state index < -0.39 is 16.8 Å². The predicted octanol–water partition coefficient (Wildman–Crippen LogP) is 4.69. The van der Waals surface area contributed by atoms with Gasteiger partial charge in [0, 0.05) is 37.4 Å². The number of anilines is 2. The Kier molecular flexibility index (Phi) is 6.51. The van der Waals surface area contributed by atoms with Gasteiger partial charge in [0.1, 0.15) is 5.75 Å². The van der Waals surface area contributed by atoms with E-state index in [1.165, 1.54) is 12.1 Å². The Morgan fingerprint density at radius 3 is 2.52 bits per heavy atom. The van der Waals surface area contributed by atoms with E-state index in [4.69, 9.17) is 16.3 Å². The number of nitrogens with one attached hydrogen (secondary N) is 1. The SMILES string of the molecule is COc1cc2c(cc1N1C[C@@H](C)N[C@@H](C)C1)N(C(=O)Cc1cccc(C(F)(F)F)c1Cl)CC2. The van der Waals surface area contributed by atoms with Gasteiger partial charge in [-0.05, 0) is 49.6 Å². The lowest BCUT2D eigenvalue weighted by molar-refractivity contribution is -0.137. The number of hydrogen-bond donors (Lipinski definition) is 1. The average Bonchev–Trinajstić information content (AvgIpc) is 3.15. The largest absolute Gasteiger partial charge is 0.495 e. The summed E-state index contributed by atoms with van der Waals surface area (Å²) in [7, 11) is 1.63. The Hall–Kier alpha value is -2.45. The Morgan fingerprint density at radius 1 is 1.18 bits per heavy atom. The minimum absolute atomic E-state index is 0.170. The molecule has 2 heterocycles. The molecule has 178 valence electrons. The van der Waals surface area contributed by atoms with Crippen LogP contribution in [-0.4, -0.2) is 44.7 Å². The summed E-state index contributed by atoms with van der Waals surface area (Å²) in [5.41, 5.74) is 1.91. The van der Waals surface area contributed by atoms with Gasteiger partial charge in [-0.15, -0.1) is 0 Å². The summed E-state index contributed by atoms with van der Waals surface area (Å²) < 4.78 is 45.3. The molecule has 0 aliphatic carbocycles. The van der Waals surface area contributed by atoms with Gasteiger partial charge in [0.15, 0.2) is 0 Å². The number of fused-ring (bicyclic) bond motifs is 1. The Morgan fingerprint density at radius 2 is 1.88 bits per heavy atom. The van der Waals surface area contributed by atoms with E-state index in [-0.39, 0.29) is 17.9 Å². The zero-order valence-electron chi connectivity index (χ0n) is 18.8. The summed E-state index contributed by atoms with van der Waals surface area (Å²) in [5, 5.41) is 3.08. The van der Waals surface area contributed by atoms with Crippen molar-refractivity contribution in [3.63, 3.8) is 0 Å². The highest BCUT2D eigenvalue weighted by atomic mass is 35.5. The molecule has 0 saturated carbocycles. The van der Waals surface area contributed by atoms with E-state index in [0.29, 0.717) is 25.0 Å². The smallest absolute Gasteiger partial charge is 0.417 e. The molecular weight excluding hydrogens is 455 g/mol. The molecule has 1 saturated heterocycles. The van der Waals surface area contributed by atoms with E-state index in [2.05, 4.69) is 24.1 Å². The minimum Gasteiger partial charge on any atom is -0.495 e. The third-order valence-electron chi connectivity index (χ3n) is 6.20. The standard InChI is InChI=1S/C24H27ClF3N3O2/c1-14-12-30(13-15(2)29-14)20-11-19-16(9-21(20)33-3)7-8-31(19)22(32)10-17-5-4-6-18(23(17)25)24(26,27)28/h4-6,9,11,14-15,29H,7-8,10,12-13H2,1-3H3/t14-,15+. The van der Waals surface area contributed by atoms with Crippen LogP contribution in [0.5, 0.6) is 5.75 Å². The van der Waals surface area contributed by atoms with Crippen molar-refractivity contribution in [1.82, 2.24) is 5.32 Å². The first-order chi connectivity index (χ1) is 15.6. The molecule has 0 spiro atoms. The van der Waals surface area contributed by atoms with Crippen LogP contribution in [0.2, 0.25) is 5.02 Å². The fourth-order valence-corrected chi connectivity index (χ4v) is 5.09. The van der Waals surface area contributed by atoms with Crippen molar-refractivity contribution >= 4 is 28.9 Å². The van der Waals surface area contributed by atoms with Crippen LogP contribution in [-0.2, 0) is 23.8 Å². The fourth-order valence-electron chi connectivity index (χ4n) is 4.79. The van der Waals surface area contributed by atoms with E-state index in [9.17, 15) is 18.0 Å². The summed E-state index contributed by atoms with van der Waals surface area (Å²) in [6.07, 6.45) is -4.12. The average molecular weight is 482 g/mol. The highest BCUT2D eigenvalue weighted by Gasteiger charge is 2.35. The molecule has 2 aliphatic rings. The molecule has 2 atom stereocenters. The summed E-state index contributed by atoms with van der Waals surface area (Å²) in [5.74, 6) is 0.471. The number of piperazine rings is 1. The maximum absolute atomic E-state index is 13.2. The topological polar surface area (TPSA) is 44.8 Å². The van der Waals surface area contributed by atoms with Crippen LogP contribution in [0.1, 0.15) is 30.5 Å². The maximum atomic E-state index is 13.2. The van der Waals surface area contributed by atoms with Crippen molar-refractivity contribution in [2.45, 2.75) is 44.9 Å². The third kappa shape index (κ3) is 4.77. The number of methoxy groups -OCH3 is 1. The summed E-state index contributed by atoms with van der Waals surface area (Å²) in [6.45, 7) is 6.31. The highest BCUT2D eigenvalue weighted by Crippen LogP contribution is 2.41. The molecule has 0 unspecified atom stereocenters. The second kappa shape index (κ2) is 9.06. The first-order valence-corrected chi connectivity index (χ1v) is 11.3. The van der Waals surface area contributed by atoms with Crippen LogP contribution in [0.25, 0.3) is 0 Å². The van der Waals surface area contributed by atoms with E-state index in [1.807, 2.05) is 12.1 Å². The molecule has 0 aromatic heterocycles. The molecule has 0 radical (unpaired) electrons. The summed E-state index contributed by atoms with van der Waals surface area (Å²) in [4.78, 5) is 17.1. The second-order valence-electron chi connectivity index (χ2n) is 8.78. The van der Waals surface area contributed by atoms with Gasteiger partial charge in [-0.25, -0.2) is 0 Å². The number of benzene rings is 2. The zero-order valence-corrected chi connectivity index (χ0v) is 19.6. The summed E-state index contributed by atoms with van der Waals surface area (Å²) in [6, 6.07) is 8.21. The number of carbonyl (C=O) groups is 1. The molecule has 33 heavy (non-hydrogen) atoms. The molecule has 1 N–H and O–H groups in total. The van der Waals surface area contributed by atoms with Crippen molar-refractivity contribution in [2.75, 3.05) is 36.5 Å². The van der Waals surface area contributed by atoms with Gasteiger partial charge in [-0.2, -0.15) is 13.2 Å². The van der Waals surface area contributed by atoms with Crippen molar-refractivity contribution in [1.29, 1.82) is 0 Å². The molecule has 9 heteroatoms. The molecule has 2 aromatic rings. The normalized spacial score (nSPS) is 20.7. The van der Waals surface area contributed by atoms with Gasteiger partial charge in [0.2, 0.25) is 5.91 Å². The third-order valence-corrected chi connectivity index (χ3v) is 6.65. The van der Waals surface area contributed by atoms with Crippen LogP contribution in [0.15, 0.2) is 30.3 Å². The van der Waals surface area contributed by atoms with Gasteiger partial charge in [0.25, 0.3) is 0 Å². The van der Waals surface area contributed by atoms with Crippen molar-refractivity contribution in [2.24, 2.45) is 0 Å². The maximum Gasteiger partial charge on any atom is 0.417 e. The van der Waals surface area contributed by atoms with Gasteiger partial charge in [-0.1, -0.05) is 23.7 Å². The fraction of sp³-hybridized carbons (Fsp3) is 0.458. The molecule has 5 nitrogen and oxygen atoms in total. The summed E-state index contributed by atoms with van der Waals surface area (Å²) >= 11 is 6.02. The second-order valence-corrected chi connectivity index (χ2v) is 9.15. The predicted molar refractivity (Wildman–Crippen MR) is 123 cm³/mol. The Balaban J connectivity index is 1.62. The molecule has 4 rings (SSSR count). The van der Waals surface area contributed by atoms with Crippen LogP contribution >= 0.6 is 11.6 Å². The van der Waals surface area contributed by atoms with Gasteiger partial charge in [-0.3, -0.25) is 4.79 Å². The molecular formula is C24H27ClF3N3O2. The molecule has 1 amide bonds. The number of halogens is 4. The van der Waals surface area contributed by atoms with Crippen molar-refractivity contribution in [3.05, 3.63) is 52.0 Å². The van der Waals surface area contributed by atoms with Crippen LogP contribution in [0, 0.1) is 0 Å². The lowest BCUT2D eigenvalue weighted by Crippen LogP contribution is -2.54. The van der Waals surface area contributed by atoms with Crippen LogP contribution < -0.4 is 19.9 Å². The lowest BCUT2D eigenvalue weighted by atomic mass is 10.1. The number of ether oxygens (including phenoxy) is 1. The van der Waals surface area contributed by atoms with Gasteiger partial charge in [0.05, 0.1) is 29.8 Å². The van der Waals surface area contributed by atoms with E-state index >= 15 is 0 Å². The molecule has 2 aromatic carbocycles. The minimum atomic E-state index is -4.57. The first-order valence-electron chi connectivity index (χ1n) is 10.9. The number of amides is 1. The number of nitrogens with zero attached hydrogens (tertiary/aromatic N) is 2. The Bertz CT molecular complexity index is 1050. The first kappa shape index (κ1) is 23.7. The van der Waals surface area contributed by atoms with E-state index in [1.54, 1.807) is 12.0 Å². The molecule has 2 aliphatic heterocycles. The van der Waals surface area contributed by atoms with Crippen LogP contribution in [0.3, 0.4) is 0 Å². The van der Waals surface area contributed by atoms with E-state index in [0.717, 1.165) is 41.8 Å². The molecule has 0 bridgehead atoms.